The Morgan fingerprint density at radius 2 is 2.19 bits per heavy atom. The zero-order valence-corrected chi connectivity index (χ0v) is 10.6. The maximum Gasteiger partial charge on any atom is 0.134 e. The summed E-state index contributed by atoms with van der Waals surface area (Å²) in [5.41, 5.74) is 2.89. The number of hydrogen-bond donors (Lipinski definition) is 1. The number of aryl methyl sites for hydroxylation is 2. The van der Waals surface area contributed by atoms with Gasteiger partial charge in [0.1, 0.15) is 16.8 Å². The van der Waals surface area contributed by atoms with Crippen molar-refractivity contribution in [3.05, 3.63) is 33.1 Å². The van der Waals surface area contributed by atoms with E-state index in [-0.39, 0.29) is 0 Å². The minimum Gasteiger partial charge on any atom is -0.365 e. The van der Waals surface area contributed by atoms with Crippen LogP contribution in [0.25, 0.3) is 0 Å². The molecule has 2 aromatic heterocycles. The van der Waals surface area contributed by atoms with E-state index in [9.17, 15) is 0 Å². The van der Waals surface area contributed by atoms with Gasteiger partial charge < -0.3 is 5.32 Å². The molecule has 0 aliphatic carbocycles. The van der Waals surface area contributed by atoms with E-state index in [1.807, 2.05) is 19.4 Å². The molecule has 0 aliphatic heterocycles. The van der Waals surface area contributed by atoms with Gasteiger partial charge >= 0.3 is 0 Å². The summed E-state index contributed by atoms with van der Waals surface area (Å²) in [5.74, 6) is 1.40. The fourth-order valence-electron chi connectivity index (χ4n) is 1.29. The van der Waals surface area contributed by atoms with E-state index < -0.39 is 0 Å². The Kier molecular flexibility index (Phi) is 3.36. The molecule has 0 aliphatic rings. The third-order valence-electron chi connectivity index (χ3n) is 2.08. The Morgan fingerprint density at radius 1 is 1.38 bits per heavy atom. The van der Waals surface area contributed by atoms with Gasteiger partial charge in [0, 0.05) is 10.9 Å². The van der Waals surface area contributed by atoms with Crippen LogP contribution in [0.15, 0.2) is 11.6 Å². The molecule has 0 atom stereocenters. The van der Waals surface area contributed by atoms with Crippen LogP contribution in [0.5, 0.6) is 0 Å². The monoisotopic (exact) mass is 254 g/mol. The minimum atomic E-state index is 0.455. The predicted octanol–water partition coefficient (Wildman–Crippen LogP) is 2.82. The molecule has 0 amide bonds. The summed E-state index contributed by atoms with van der Waals surface area (Å²) < 4.78 is 0. The first-order chi connectivity index (χ1) is 7.65. The molecule has 1 N–H and O–H groups in total. The van der Waals surface area contributed by atoms with Crippen LogP contribution in [0.1, 0.15) is 16.4 Å². The molecule has 16 heavy (non-hydrogen) atoms. The first kappa shape index (κ1) is 11.3. The Morgan fingerprint density at radius 3 is 2.81 bits per heavy atom. The zero-order valence-electron chi connectivity index (χ0n) is 8.99. The van der Waals surface area contributed by atoms with Gasteiger partial charge in [0.15, 0.2) is 0 Å². The van der Waals surface area contributed by atoms with Gasteiger partial charge in [0.2, 0.25) is 0 Å². The van der Waals surface area contributed by atoms with Crippen molar-refractivity contribution in [1.82, 2.24) is 15.0 Å². The van der Waals surface area contributed by atoms with Crippen molar-refractivity contribution in [3.63, 3.8) is 0 Å². The lowest BCUT2D eigenvalue weighted by molar-refractivity contribution is 1.02. The van der Waals surface area contributed by atoms with Gasteiger partial charge in [-0.2, -0.15) is 0 Å². The quantitative estimate of drug-likeness (QED) is 0.856. The van der Waals surface area contributed by atoms with E-state index >= 15 is 0 Å². The Balaban J connectivity index is 2.07. The molecule has 4 nitrogen and oxygen atoms in total. The third-order valence-corrected chi connectivity index (χ3v) is 3.21. The number of aromatic nitrogens is 3. The number of hydrogen-bond acceptors (Lipinski definition) is 5. The number of nitrogens with zero attached hydrogens (tertiary/aromatic N) is 3. The summed E-state index contributed by atoms with van der Waals surface area (Å²) >= 11 is 7.47. The van der Waals surface area contributed by atoms with E-state index in [0.29, 0.717) is 17.5 Å². The lowest BCUT2D eigenvalue weighted by Gasteiger charge is -2.05. The molecule has 0 spiro atoms. The Hall–Kier alpha value is -1.20. The molecule has 0 fully saturated rings. The van der Waals surface area contributed by atoms with Crippen LogP contribution in [-0.2, 0) is 6.54 Å². The Labute approximate surface area is 103 Å². The van der Waals surface area contributed by atoms with Crippen molar-refractivity contribution in [1.29, 1.82) is 0 Å². The van der Waals surface area contributed by atoms with Gasteiger partial charge in [-0.05, 0) is 13.8 Å². The summed E-state index contributed by atoms with van der Waals surface area (Å²) in [4.78, 5) is 13.6. The lowest BCUT2D eigenvalue weighted by atomic mass is 10.4. The highest BCUT2D eigenvalue weighted by molar-refractivity contribution is 7.09. The number of thiazole rings is 1. The van der Waals surface area contributed by atoms with Gasteiger partial charge in [0.05, 0.1) is 17.7 Å². The SMILES string of the molecule is Cc1nc(Cl)cc(NCc2scnc2C)n1. The fourth-order valence-corrected chi connectivity index (χ4v) is 2.23. The van der Waals surface area contributed by atoms with Crippen molar-refractivity contribution >= 4 is 28.8 Å². The second kappa shape index (κ2) is 4.76. The maximum atomic E-state index is 5.84. The molecule has 6 heteroatoms. The van der Waals surface area contributed by atoms with Crippen molar-refractivity contribution in [2.45, 2.75) is 20.4 Å². The summed E-state index contributed by atoms with van der Waals surface area (Å²) in [7, 11) is 0. The van der Waals surface area contributed by atoms with Gasteiger partial charge in [-0.15, -0.1) is 11.3 Å². The van der Waals surface area contributed by atoms with E-state index in [0.717, 1.165) is 11.5 Å². The average Bonchev–Trinajstić information content (AvgIpc) is 2.59. The number of anilines is 1. The molecule has 2 heterocycles. The van der Waals surface area contributed by atoms with Crippen LogP contribution in [0, 0.1) is 13.8 Å². The third kappa shape index (κ3) is 2.68. The Bertz CT molecular complexity index is 477. The van der Waals surface area contributed by atoms with E-state index in [1.165, 1.54) is 4.88 Å². The molecule has 84 valence electrons. The topological polar surface area (TPSA) is 50.7 Å². The highest BCUT2D eigenvalue weighted by Gasteiger charge is 2.03. The zero-order chi connectivity index (χ0) is 11.5. The number of halogens is 1. The second-order valence-electron chi connectivity index (χ2n) is 3.34. The van der Waals surface area contributed by atoms with Crippen LogP contribution in [-0.4, -0.2) is 15.0 Å². The molecule has 0 aromatic carbocycles. The van der Waals surface area contributed by atoms with Crippen molar-refractivity contribution in [2.75, 3.05) is 5.32 Å². The largest absolute Gasteiger partial charge is 0.365 e. The smallest absolute Gasteiger partial charge is 0.134 e. The van der Waals surface area contributed by atoms with Crippen LogP contribution < -0.4 is 5.32 Å². The van der Waals surface area contributed by atoms with Crippen LogP contribution in [0.2, 0.25) is 5.15 Å². The minimum absolute atomic E-state index is 0.455. The van der Waals surface area contributed by atoms with Gasteiger partial charge in [-0.25, -0.2) is 15.0 Å². The van der Waals surface area contributed by atoms with Gasteiger partial charge in [-0.3, -0.25) is 0 Å². The molecule has 0 saturated heterocycles. The number of nitrogens with one attached hydrogen (secondary N) is 1. The van der Waals surface area contributed by atoms with E-state index in [2.05, 4.69) is 20.3 Å². The van der Waals surface area contributed by atoms with Gasteiger partial charge in [0.25, 0.3) is 0 Å². The van der Waals surface area contributed by atoms with Crippen LogP contribution in [0.4, 0.5) is 5.82 Å². The summed E-state index contributed by atoms with van der Waals surface area (Å²) in [6.45, 7) is 4.52. The molecule has 0 saturated carbocycles. The normalized spacial score (nSPS) is 10.4. The van der Waals surface area contributed by atoms with Crippen LogP contribution >= 0.6 is 22.9 Å². The predicted molar refractivity (Wildman–Crippen MR) is 66.0 cm³/mol. The lowest BCUT2D eigenvalue weighted by Crippen LogP contribution is -2.02. The molecule has 0 unspecified atom stereocenters. The van der Waals surface area contributed by atoms with E-state index in [4.69, 9.17) is 11.6 Å². The summed E-state index contributed by atoms with van der Waals surface area (Å²) in [6.07, 6.45) is 0. The van der Waals surface area contributed by atoms with Crippen LogP contribution in [0.3, 0.4) is 0 Å². The standard InChI is InChI=1S/C10H11ClN4S/c1-6-8(16-5-13-6)4-12-10-3-9(11)14-7(2)15-10/h3,5H,4H2,1-2H3,(H,12,14,15). The molecular formula is C10H11ClN4S. The number of rotatable bonds is 3. The highest BCUT2D eigenvalue weighted by atomic mass is 35.5. The van der Waals surface area contributed by atoms with Crippen molar-refractivity contribution in [2.24, 2.45) is 0 Å². The highest BCUT2D eigenvalue weighted by Crippen LogP contribution is 2.16. The van der Waals surface area contributed by atoms with Crippen molar-refractivity contribution < 1.29 is 0 Å². The maximum absolute atomic E-state index is 5.84. The molecular weight excluding hydrogens is 244 g/mol. The van der Waals surface area contributed by atoms with Crippen molar-refractivity contribution in [3.8, 4) is 0 Å². The molecule has 0 bridgehead atoms. The first-order valence-corrected chi connectivity index (χ1v) is 6.05. The summed E-state index contributed by atoms with van der Waals surface area (Å²) in [6, 6.07) is 1.71. The molecule has 2 aromatic rings. The fraction of sp³-hybridized carbons (Fsp3) is 0.300. The molecule has 2 rings (SSSR count). The second-order valence-corrected chi connectivity index (χ2v) is 4.66. The van der Waals surface area contributed by atoms with E-state index in [1.54, 1.807) is 17.4 Å². The first-order valence-electron chi connectivity index (χ1n) is 4.79. The van der Waals surface area contributed by atoms with Gasteiger partial charge in [-0.1, -0.05) is 11.6 Å². The average molecular weight is 255 g/mol. The molecule has 0 radical (unpaired) electrons. The summed E-state index contributed by atoms with van der Waals surface area (Å²) in [5, 5.41) is 3.66.